The van der Waals surface area contributed by atoms with E-state index in [1.54, 1.807) is 0 Å². The van der Waals surface area contributed by atoms with Gasteiger partial charge in [-0.05, 0) is 0 Å². The van der Waals surface area contributed by atoms with Gasteiger partial charge >= 0.3 is 0 Å². The van der Waals surface area contributed by atoms with E-state index in [0.717, 1.165) is 18.2 Å². The van der Waals surface area contributed by atoms with E-state index in [1.807, 2.05) is 6.92 Å². The van der Waals surface area contributed by atoms with Crippen LogP contribution in [0.25, 0.3) is 0 Å². The molecule has 5 nitrogen and oxygen atoms in total. The lowest BCUT2D eigenvalue weighted by Crippen LogP contribution is -2.43. The van der Waals surface area contributed by atoms with Gasteiger partial charge in [0.15, 0.2) is 0 Å². The molecule has 2 aliphatic rings. The van der Waals surface area contributed by atoms with E-state index < -0.39 is 0 Å². The second kappa shape index (κ2) is 2.83. The third-order valence-corrected chi connectivity index (χ3v) is 2.74. The van der Waals surface area contributed by atoms with Gasteiger partial charge in [0.05, 0.1) is 18.3 Å². The van der Waals surface area contributed by atoms with Gasteiger partial charge in [-0.2, -0.15) is 0 Å². The van der Waals surface area contributed by atoms with Crippen molar-refractivity contribution in [3.05, 3.63) is 11.5 Å². The standard InChI is InChI=1S/C8H14N4O/c1-4-5(7(9)13)2-10-8-6(4)11-3-12-8/h4-5,10-12H,2-3H2,1H3,(H2,9,13)/t4-,5-/m0/s1. The molecule has 5 N–H and O–H groups in total. The zero-order valence-electron chi connectivity index (χ0n) is 7.55. The molecule has 0 radical (unpaired) electrons. The molecule has 0 aromatic heterocycles. The molecular formula is C8H14N4O. The van der Waals surface area contributed by atoms with Gasteiger partial charge in [-0.1, -0.05) is 6.92 Å². The van der Waals surface area contributed by atoms with Crippen LogP contribution in [0.1, 0.15) is 6.92 Å². The monoisotopic (exact) mass is 182 g/mol. The van der Waals surface area contributed by atoms with Crippen LogP contribution >= 0.6 is 0 Å². The van der Waals surface area contributed by atoms with E-state index in [2.05, 4.69) is 16.0 Å². The molecule has 0 unspecified atom stereocenters. The van der Waals surface area contributed by atoms with Crippen LogP contribution in [-0.2, 0) is 4.79 Å². The lowest BCUT2D eigenvalue weighted by molar-refractivity contribution is -0.122. The van der Waals surface area contributed by atoms with Crippen LogP contribution in [0, 0.1) is 11.8 Å². The molecule has 0 aromatic rings. The maximum absolute atomic E-state index is 11.1. The normalized spacial score (nSPS) is 31.5. The second-order valence-corrected chi connectivity index (χ2v) is 3.50. The first-order chi connectivity index (χ1) is 6.20. The van der Waals surface area contributed by atoms with Crippen LogP contribution < -0.4 is 21.7 Å². The molecule has 1 amide bonds. The highest BCUT2D eigenvalue weighted by atomic mass is 16.1. The van der Waals surface area contributed by atoms with E-state index in [9.17, 15) is 4.79 Å². The summed E-state index contributed by atoms with van der Waals surface area (Å²) in [5.41, 5.74) is 6.37. The van der Waals surface area contributed by atoms with E-state index in [-0.39, 0.29) is 17.7 Å². The maximum atomic E-state index is 11.1. The number of hydrogen-bond donors (Lipinski definition) is 4. The Morgan fingerprint density at radius 1 is 1.46 bits per heavy atom. The van der Waals surface area contributed by atoms with Crippen molar-refractivity contribution in [3.8, 4) is 0 Å². The van der Waals surface area contributed by atoms with Crippen molar-refractivity contribution in [1.82, 2.24) is 16.0 Å². The Morgan fingerprint density at radius 3 is 2.92 bits per heavy atom. The number of carbonyl (C=O) groups is 1. The minimum atomic E-state index is -0.236. The Balaban J connectivity index is 2.21. The molecule has 72 valence electrons. The summed E-state index contributed by atoms with van der Waals surface area (Å²) in [6.07, 6.45) is 0. The average molecular weight is 182 g/mol. The summed E-state index contributed by atoms with van der Waals surface area (Å²) < 4.78 is 0. The van der Waals surface area contributed by atoms with Gasteiger partial charge in [-0.15, -0.1) is 0 Å². The first kappa shape index (κ1) is 8.22. The molecule has 5 heteroatoms. The second-order valence-electron chi connectivity index (χ2n) is 3.50. The highest BCUT2D eigenvalue weighted by molar-refractivity contribution is 5.78. The number of allylic oxidation sites excluding steroid dienone is 1. The van der Waals surface area contributed by atoms with Gasteiger partial charge in [-0.3, -0.25) is 4.79 Å². The molecule has 0 fully saturated rings. The van der Waals surface area contributed by atoms with Gasteiger partial charge in [0.25, 0.3) is 0 Å². The number of carbonyl (C=O) groups excluding carboxylic acids is 1. The molecule has 2 rings (SSSR count). The maximum Gasteiger partial charge on any atom is 0.222 e. The van der Waals surface area contributed by atoms with Crippen LogP contribution in [-0.4, -0.2) is 19.1 Å². The average Bonchev–Trinajstić information content (AvgIpc) is 2.52. The fourth-order valence-corrected chi connectivity index (χ4v) is 1.89. The van der Waals surface area contributed by atoms with Gasteiger partial charge in [0, 0.05) is 12.5 Å². The summed E-state index contributed by atoms with van der Waals surface area (Å²) in [5, 5.41) is 9.49. The van der Waals surface area contributed by atoms with Crippen molar-refractivity contribution >= 4 is 5.91 Å². The third-order valence-electron chi connectivity index (χ3n) is 2.74. The Hall–Kier alpha value is -1.39. The molecular weight excluding hydrogens is 168 g/mol. The van der Waals surface area contributed by atoms with Crippen molar-refractivity contribution in [2.45, 2.75) is 6.92 Å². The molecule has 0 spiro atoms. The summed E-state index contributed by atoms with van der Waals surface area (Å²) in [5.74, 6) is 0.861. The van der Waals surface area contributed by atoms with Gasteiger partial charge in [0.1, 0.15) is 5.82 Å². The number of rotatable bonds is 1. The summed E-state index contributed by atoms with van der Waals surface area (Å²) in [7, 11) is 0. The molecule has 2 aliphatic heterocycles. The third kappa shape index (κ3) is 1.20. The highest BCUT2D eigenvalue weighted by Crippen LogP contribution is 2.25. The summed E-state index contributed by atoms with van der Waals surface area (Å²) in [4.78, 5) is 11.1. The van der Waals surface area contributed by atoms with E-state index in [1.165, 1.54) is 0 Å². The minimum absolute atomic E-state index is 0.105. The smallest absolute Gasteiger partial charge is 0.222 e. The quantitative estimate of drug-likeness (QED) is 0.404. The molecule has 13 heavy (non-hydrogen) atoms. The molecule has 0 aromatic carbocycles. The van der Waals surface area contributed by atoms with Crippen LogP contribution in [0.2, 0.25) is 0 Å². The van der Waals surface area contributed by atoms with Crippen molar-refractivity contribution < 1.29 is 4.79 Å². The topological polar surface area (TPSA) is 79.2 Å². The largest absolute Gasteiger partial charge is 0.370 e. The Morgan fingerprint density at radius 2 is 2.23 bits per heavy atom. The fourth-order valence-electron chi connectivity index (χ4n) is 1.89. The van der Waals surface area contributed by atoms with E-state index in [0.29, 0.717) is 6.54 Å². The SMILES string of the molecule is C[C@@H]1C2=C(NCN2)NC[C@@H]1C(N)=O. The molecule has 2 atom stereocenters. The molecule has 0 bridgehead atoms. The van der Waals surface area contributed by atoms with E-state index >= 15 is 0 Å². The first-order valence-electron chi connectivity index (χ1n) is 4.45. The van der Waals surface area contributed by atoms with Crippen molar-refractivity contribution in [2.75, 3.05) is 13.2 Å². The molecule has 0 saturated carbocycles. The fraction of sp³-hybridized carbons (Fsp3) is 0.625. The summed E-state index contributed by atoms with van der Waals surface area (Å²) >= 11 is 0. The minimum Gasteiger partial charge on any atom is -0.370 e. The van der Waals surface area contributed by atoms with Crippen molar-refractivity contribution in [1.29, 1.82) is 0 Å². The molecule has 0 aliphatic carbocycles. The summed E-state index contributed by atoms with van der Waals surface area (Å²) in [6.45, 7) is 3.38. The van der Waals surface area contributed by atoms with Gasteiger partial charge in [-0.25, -0.2) is 0 Å². The Labute approximate surface area is 76.7 Å². The zero-order chi connectivity index (χ0) is 9.42. The van der Waals surface area contributed by atoms with E-state index in [4.69, 9.17) is 5.73 Å². The lowest BCUT2D eigenvalue weighted by Gasteiger charge is -2.28. The molecule has 0 saturated heterocycles. The predicted octanol–water partition coefficient (Wildman–Crippen LogP) is -1.35. The Bertz CT molecular complexity index is 273. The number of primary amides is 1. The van der Waals surface area contributed by atoms with Crippen molar-refractivity contribution in [3.63, 3.8) is 0 Å². The van der Waals surface area contributed by atoms with Crippen LogP contribution in [0.4, 0.5) is 0 Å². The van der Waals surface area contributed by atoms with Gasteiger partial charge < -0.3 is 21.7 Å². The Kier molecular flexibility index (Phi) is 1.79. The summed E-state index contributed by atoms with van der Waals surface area (Å²) in [6, 6.07) is 0. The zero-order valence-corrected chi connectivity index (χ0v) is 7.55. The number of hydrogen-bond acceptors (Lipinski definition) is 4. The van der Waals surface area contributed by atoms with Crippen LogP contribution in [0.3, 0.4) is 0 Å². The first-order valence-corrected chi connectivity index (χ1v) is 4.45. The number of nitrogens with one attached hydrogen (secondary N) is 3. The highest BCUT2D eigenvalue weighted by Gasteiger charge is 2.33. The number of amides is 1. The van der Waals surface area contributed by atoms with Crippen molar-refractivity contribution in [2.24, 2.45) is 17.6 Å². The lowest BCUT2D eigenvalue weighted by atomic mass is 9.88. The molecule has 2 heterocycles. The van der Waals surface area contributed by atoms with Crippen LogP contribution in [0.15, 0.2) is 11.5 Å². The van der Waals surface area contributed by atoms with Crippen LogP contribution in [0.5, 0.6) is 0 Å². The van der Waals surface area contributed by atoms with Gasteiger partial charge in [0.2, 0.25) is 5.91 Å². The number of nitrogens with two attached hydrogens (primary N) is 1. The predicted molar refractivity (Wildman–Crippen MR) is 48.0 cm³/mol.